The Kier molecular flexibility index (Phi) is 6.62. The molecule has 1 aliphatic heterocycles. The quantitative estimate of drug-likeness (QED) is 0.375. The van der Waals surface area contributed by atoms with Crippen LogP contribution in [0.4, 0.5) is 0 Å². The van der Waals surface area contributed by atoms with Crippen molar-refractivity contribution in [3.05, 3.63) is 76.8 Å². The van der Waals surface area contributed by atoms with Gasteiger partial charge < -0.3 is 24.5 Å². The molecule has 33 heavy (non-hydrogen) atoms. The van der Waals surface area contributed by atoms with Crippen LogP contribution in [0.25, 0.3) is 11.3 Å². The van der Waals surface area contributed by atoms with Gasteiger partial charge in [-0.2, -0.15) is 0 Å². The molecular formula is C23H20ClN3O5S. The number of nitrogens with one attached hydrogen (secondary N) is 1. The number of aromatic carboxylic acids is 1. The first-order chi connectivity index (χ1) is 15.9. The van der Waals surface area contributed by atoms with Crippen molar-refractivity contribution in [3.63, 3.8) is 0 Å². The molecule has 0 amide bonds. The Morgan fingerprint density at radius 3 is 2.79 bits per heavy atom. The van der Waals surface area contributed by atoms with Crippen molar-refractivity contribution < 1.29 is 23.8 Å². The normalized spacial score (nSPS) is 17.6. The van der Waals surface area contributed by atoms with E-state index in [1.807, 2.05) is 18.2 Å². The van der Waals surface area contributed by atoms with E-state index in [-0.39, 0.29) is 24.8 Å². The lowest BCUT2D eigenvalue weighted by atomic mass is 10.0. The van der Waals surface area contributed by atoms with Gasteiger partial charge in [0.2, 0.25) is 0 Å². The van der Waals surface area contributed by atoms with Crippen molar-refractivity contribution >= 4 is 40.9 Å². The molecule has 8 nitrogen and oxygen atoms in total. The number of nitrogens with zero attached hydrogens (tertiary/aromatic N) is 2. The lowest BCUT2D eigenvalue weighted by molar-refractivity contribution is -0.143. The fourth-order valence-electron chi connectivity index (χ4n) is 3.73. The van der Waals surface area contributed by atoms with Crippen LogP contribution in [0.2, 0.25) is 5.02 Å². The molecule has 0 aliphatic carbocycles. The number of rotatable bonds is 7. The topological polar surface area (TPSA) is 105 Å². The van der Waals surface area contributed by atoms with Gasteiger partial charge in [0.15, 0.2) is 5.11 Å². The van der Waals surface area contributed by atoms with Gasteiger partial charge in [0.05, 0.1) is 28.9 Å². The van der Waals surface area contributed by atoms with E-state index >= 15 is 0 Å². The van der Waals surface area contributed by atoms with E-state index in [1.165, 1.54) is 18.2 Å². The predicted molar refractivity (Wildman–Crippen MR) is 125 cm³/mol. The van der Waals surface area contributed by atoms with Gasteiger partial charge in [-0.1, -0.05) is 17.7 Å². The summed E-state index contributed by atoms with van der Waals surface area (Å²) in [6, 6.07) is 12.5. The largest absolute Gasteiger partial charge is 0.478 e. The summed E-state index contributed by atoms with van der Waals surface area (Å²) < 4.78 is 11.3. The zero-order valence-electron chi connectivity index (χ0n) is 17.5. The van der Waals surface area contributed by atoms with Gasteiger partial charge >= 0.3 is 11.9 Å². The molecule has 3 heterocycles. The number of carboxylic acid groups (broad SMARTS) is 1. The molecule has 0 spiro atoms. The highest BCUT2D eigenvalue weighted by atomic mass is 35.5. The monoisotopic (exact) mass is 485 g/mol. The summed E-state index contributed by atoms with van der Waals surface area (Å²) in [6.07, 6.45) is 1.68. The van der Waals surface area contributed by atoms with E-state index in [1.54, 1.807) is 30.2 Å². The number of halogens is 1. The Balaban J connectivity index is 1.74. The van der Waals surface area contributed by atoms with Crippen LogP contribution in [0.1, 0.15) is 40.8 Å². The third kappa shape index (κ3) is 4.69. The number of hydrogen-bond acceptors (Lipinski definition) is 6. The van der Waals surface area contributed by atoms with Crippen molar-refractivity contribution in [1.29, 1.82) is 0 Å². The summed E-state index contributed by atoms with van der Waals surface area (Å²) in [6.45, 7) is 1.92. The van der Waals surface area contributed by atoms with Crippen molar-refractivity contribution in [3.8, 4) is 11.3 Å². The van der Waals surface area contributed by atoms with Gasteiger partial charge in [-0.25, -0.2) is 4.79 Å². The minimum atomic E-state index is -1.07. The molecule has 1 fully saturated rings. The molecular weight excluding hydrogens is 466 g/mol. The third-order valence-electron chi connectivity index (χ3n) is 5.20. The van der Waals surface area contributed by atoms with Crippen LogP contribution in [-0.2, 0) is 9.53 Å². The summed E-state index contributed by atoms with van der Waals surface area (Å²) in [5.74, 6) is -0.584. The Bertz CT molecular complexity index is 1200. The van der Waals surface area contributed by atoms with Crippen molar-refractivity contribution in [2.24, 2.45) is 0 Å². The van der Waals surface area contributed by atoms with Gasteiger partial charge in [-0.05, 0) is 61.6 Å². The molecule has 0 radical (unpaired) electrons. The highest BCUT2D eigenvalue weighted by Gasteiger charge is 2.42. The number of furan rings is 1. The van der Waals surface area contributed by atoms with Gasteiger partial charge in [-0.15, -0.1) is 0 Å². The number of esters is 1. The molecule has 3 aromatic rings. The van der Waals surface area contributed by atoms with Gasteiger partial charge in [0, 0.05) is 11.8 Å². The maximum Gasteiger partial charge on any atom is 0.335 e. The number of carbonyl (C=O) groups is 2. The molecule has 1 aromatic carbocycles. The molecule has 170 valence electrons. The number of carbonyl (C=O) groups excluding carboxylic acids is 1. The Labute approximate surface area is 200 Å². The number of aromatic nitrogens is 1. The number of carboxylic acids is 1. The first kappa shape index (κ1) is 22.8. The number of benzene rings is 1. The third-order valence-corrected chi connectivity index (χ3v) is 5.88. The molecule has 10 heteroatoms. The second-order valence-electron chi connectivity index (χ2n) is 7.26. The molecule has 4 rings (SSSR count). The minimum Gasteiger partial charge on any atom is -0.478 e. The number of thiocarbonyl (C=S) groups is 1. The van der Waals surface area contributed by atoms with Gasteiger partial charge in [0.25, 0.3) is 0 Å². The van der Waals surface area contributed by atoms with Crippen LogP contribution >= 0.6 is 23.8 Å². The fourth-order valence-corrected chi connectivity index (χ4v) is 4.25. The second kappa shape index (κ2) is 9.60. The van der Waals surface area contributed by atoms with E-state index in [0.717, 1.165) is 5.69 Å². The molecule has 2 aromatic heterocycles. The lowest BCUT2D eigenvalue weighted by Gasteiger charge is -2.25. The maximum absolute atomic E-state index is 12.3. The summed E-state index contributed by atoms with van der Waals surface area (Å²) >= 11 is 11.8. The number of hydrogen-bond donors (Lipinski definition) is 2. The summed E-state index contributed by atoms with van der Waals surface area (Å²) in [4.78, 5) is 29.8. The van der Waals surface area contributed by atoms with Crippen LogP contribution in [0, 0.1) is 0 Å². The highest BCUT2D eigenvalue weighted by Crippen LogP contribution is 2.41. The fraction of sp³-hybridized carbons (Fsp3) is 0.217. The minimum absolute atomic E-state index is 0.0705. The lowest BCUT2D eigenvalue weighted by Crippen LogP contribution is -2.35. The average molecular weight is 486 g/mol. The summed E-state index contributed by atoms with van der Waals surface area (Å²) in [5, 5.41) is 13.3. The first-order valence-electron chi connectivity index (χ1n) is 10.2. The van der Waals surface area contributed by atoms with Crippen LogP contribution in [-0.4, -0.2) is 45.2 Å². The second-order valence-corrected chi connectivity index (χ2v) is 8.06. The van der Waals surface area contributed by atoms with E-state index in [9.17, 15) is 14.7 Å². The summed E-state index contributed by atoms with van der Waals surface area (Å²) in [5.41, 5.74) is 1.26. The number of ether oxygens (including phenoxy) is 1. The van der Waals surface area contributed by atoms with Crippen molar-refractivity contribution in [1.82, 2.24) is 15.2 Å². The van der Waals surface area contributed by atoms with Gasteiger partial charge in [-0.3, -0.25) is 9.78 Å². The first-order valence-corrected chi connectivity index (χ1v) is 10.9. The molecule has 2 atom stereocenters. The molecule has 2 N–H and O–H groups in total. The SMILES string of the molecule is CCOC(=O)CN1C(=S)N[C@H](c2ccccn2)[C@@H]1c1ccc(-c2cc(C(=O)O)ccc2Cl)o1. The number of pyridine rings is 1. The molecule has 0 bridgehead atoms. The Morgan fingerprint density at radius 1 is 1.27 bits per heavy atom. The maximum atomic E-state index is 12.3. The Morgan fingerprint density at radius 2 is 2.09 bits per heavy atom. The summed E-state index contributed by atoms with van der Waals surface area (Å²) in [7, 11) is 0. The van der Waals surface area contributed by atoms with E-state index < -0.39 is 18.0 Å². The predicted octanol–water partition coefficient (Wildman–Crippen LogP) is 4.23. The van der Waals surface area contributed by atoms with Crippen LogP contribution in [0.15, 0.2) is 59.1 Å². The van der Waals surface area contributed by atoms with Crippen molar-refractivity contribution in [2.75, 3.05) is 13.2 Å². The smallest absolute Gasteiger partial charge is 0.335 e. The Hall–Kier alpha value is -3.43. The van der Waals surface area contributed by atoms with E-state index in [4.69, 9.17) is 33.0 Å². The van der Waals surface area contributed by atoms with Crippen LogP contribution in [0.3, 0.4) is 0 Å². The van der Waals surface area contributed by atoms with E-state index in [2.05, 4.69) is 10.3 Å². The molecule has 0 unspecified atom stereocenters. The molecule has 1 saturated heterocycles. The molecule has 1 aliphatic rings. The van der Waals surface area contributed by atoms with Gasteiger partial charge in [0.1, 0.15) is 24.1 Å². The van der Waals surface area contributed by atoms with Crippen LogP contribution in [0.5, 0.6) is 0 Å². The van der Waals surface area contributed by atoms with E-state index in [0.29, 0.717) is 27.2 Å². The zero-order chi connectivity index (χ0) is 23.5. The molecule has 0 saturated carbocycles. The average Bonchev–Trinajstić information content (AvgIpc) is 3.39. The highest BCUT2D eigenvalue weighted by molar-refractivity contribution is 7.80. The van der Waals surface area contributed by atoms with Crippen LogP contribution < -0.4 is 5.32 Å². The standard InChI is InChI=1S/C23H20ClN3O5S/c1-2-31-19(28)12-27-21(20(26-23(27)33)16-5-3-4-10-25-16)18-9-8-17(32-18)14-11-13(22(29)30)6-7-15(14)24/h3-11,20-21H,2,12H2,1H3,(H,26,33)(H,29,30)/t20-,21+/m1/s1. The van der Waals surface area contributed by atoms with Crippen molar-refractivity contribution in [2.45, 2.75) is 19.0 Å². The zero-order valence-corrected chi connectivity index (χ0v) is 19.1.